The highest BCUT2D eigenvalue weighted by Gasteiger charge is 2.35. The number of para-hydroxylation sites is 2. The maximum absolute atomic E-state index is 13.1. The van der Waals surface area contributed by atoms with Crippen LogP contribution in [0.5, 0.6) is 11.5 Å². The molecule has 0 radical (unpaired) electrons. The number of carbonyl (C=O) groups excluding carboxylic acids is 2. The smallest absolute Gasteiger partial charge is 0.229 e. The number of amides is 2. The summed E-state index contributed by atoms with van der Waals surface area (Å²) in [6.07, 6.45) is 3.18. The van der Waals surface area contributed by atoms with Crippen molar-refractivity contribution in [3.05, 3.63) is 66.7 Å². The Bertz CT molecular complexity index is 1150. The van der Waals surface area contributed by atoms with Gasteiger partial charge >= 0.3 is 0 Å². The van der Waals surface area contributed by atoms with Gasteiger partial charge in [-0.15, -0.1) is 0 Å². The fraction of sp³-hybridized carbons (Fsp3) is 0.261. The fourth-order valence-corrected chi connectivity index (χ4v) is 3.89. The Morgan fingerprint density at radius 1 is 1.16 bits per heavy atom. The van der Waals surface area contributed by atoms with Crippen molar-refractivity contribution in [2.45, 2.75) is 19.1 Å². The molecule has 2 atom stereocenters. The molecule has 3 aromatic rings. The van der Waals surface area contributed by atoms with Gasteiger partial charge in [-0.1, -0.05) is 12.1 Å². The monoisotopic (exact) mass is 436 g/mol. The van der Waals surface area contributed by atoms with E-state index in [1.165, 1.54) is 29.2 Å². The van der Waals surface area contributed by atoms with Crippen LogP contribution in [0.25, 0.3) is 0 Å². The van der Waals surface area contributed by atoms with Crippen molar-refractivity contribution in [3.63, 3.8) is 0 Å². The van der Waals surface area contributed by atoms with E-state index in [9.17, 15) is 14.0 Å². The molecule has 0 spiro atoms. The summed E-state index contributed by atoms with van der Waals surface area (Å²) in [6.45, 7) is 1.11. The lowest BCUT2D eigenvalue weighted by Crippen LogP contribution is -2.33. The van der Waals surface area contributed by atoms with Crippen LogP contribution in [0.1, 0.15) is 6.42 Å². The van der Waals surface area contributed by atoms with Crippen molar-refractivity contribution in [1.82, 2.24) is 9.78 Å². The lowest BCUT2D eigenvalue weighted by atomic mass is 10.1. The van der Waals surface area contributed by atoms with Gasteiger partial charge in [0.25, 0.3) is 0 Å². The Balaban J connectivity index is 1.17. The fourth-order valence-electron chi connectivity index (χ4n) is 3.89. The van der Waals surface area contributed by atoms with Gasteiger partial charge in [-0.2, -0.15) is 5.10 Å². The summed E-state index contributed by atoms with van der Waals surface area (Å²) in [6, 6.07) is 13.2. The molecule has 5 rings (SSSR count). The standard InChI is InChI=1S/C23H21FN4O4/c24-16-5-7-18(8-6-16)28-11-15(9-22(28)29)23(30)26-17-10-25-27(12-17)13-19-14-31-20-3-1-2-4-21(20)32-19/h1-8,10,12,15,19H,9,11,13-14H2,(H,26,30)/t15-,19+/m0/s1. The second-order valence-electron chi connectivity index (χ2n) is 7.82. The van der Waals surface area contributed by atoms with Gasteiger partial charge in [0.05, 0.1) is 24.3 Å². The minimum atomic E-state index is -0.498. The molecule has 2 aliphatic heterocycles. The van der Waals surface area contributed by atoms with Gasteiger partial charge in [-0.3, -0.25) is 14.3 Å². The van der Waals surface area contributed by atoms with Crippen LogP contribution in [0, 0.1) is 11.7 Å². The summed E-state index contributed by atoms with van der Waals surface area (Å²) < 4.78 is 26.5. The zero-order valence-corrected chi connectivity index (χ0v) is 17.1. The molecule has 1 fully saturated rings. The van der Waals surface area contributed by atoms with Gasteiger partial charge in [-0.25, -0.2) is 4.39 Å². The first-order valence-electron chi connectivity index (χ1n) is 10.3. The van der Waals surface area contributed by atoms with Crippen molar-refractivity contribution in [1.29, 1.82) is 0 Å². The van der Waals surface area contributed by atoms with Gasteiger partial charge in [-0.05, 0) is 36.4 Å². The quantitative estimate of drug-likeness (QED) is 0.665. The molecule has 2 aliphatic rings. The summed E-state index contributed by atoms with van der Waals surface area (Å²) in [5.41, 5.74) is 1.12. The van der Waals surface area contributed by atoms with Gasteiger partial charge in [0.1, 0.15) is 12.4 Å². The molecule has 0 saturated carbocycles. The maximum Gasteiger partial charge on any atom is 0.229 e. The minimum absolute atomic E-state index is 0.101. The molecule has 2 amide bonds. The summed E-state index contributed by atoms with van der Waals surface area (Å²) in [4.78, 5) is 26.6. The van der Waals surface area contributed by atoms with Crippen LogP contribution in [-0.4, -0.2) is 40.9 Å². The lowest BCUT2D eigenvalue weighted by molar-refractivity contribution is -0.122. The first kappa shape index (κ1) is 20.0. The zero-order chi connectivity index (χ0) is 22.1. The van der Waals surface area contributed by atoms with E-state index in [0.717, 1.165) is 5.75 Å². The molecule has 0 aliphatic carbocycles. The number of benzene rings is 2. The highest BCUT2D eigenvalue weighted by molar-refractivity contribution is 6.03. The van der Waals surface area contributed by atoms with Crippen molar-refractivity contribution < 1.29 is 23.5 Å². The number of hydrogen-bond donors (Lipinski definition) is 1. The first-order chi connectivity index (χ1) is 15.5. The van der Waals surface area contributed by atoms with Gasteiger partial charge in [0, 0.05) is 24.8 Å². The number of rotatable bonds is 5. The highest BCUT2D eigenvalue weighted by Crippen LogP contribution is 2.31. The number of nitrogens with zero attached hydrogens (tertiary/aromatic N) is 3. The number of halogens is 1. The lowest BCUT2D eigenvalue weighted by Gasteiger charge is -2.26. The van der Waals surface area contributed by atoms with Crippen LogP contribution in [0.2, 0.25) is 0 Å². The second-order valence-corrected chi connectivity index (χ2v) is 7.82. The van der Waals surface area contributed by atoms with Crippen LogP contribution >= 0.6 is 0 Å². The Kier molecular flexibility index (Phi) is 5.22. The van der Waals surface area contributed by atoms with Crippen LogP contribution < -0.4 is 19.7 Å². The molecular weight excluding hydrogens is 415 g/mol. The number of nitrogens with one attached hydrogen (secondary N) is 1. The van der Waals surface area contributed by atoms with E-state index in [1.54, 1.807) is 17.1 Å². The molecule has 1 aromatic heterocycles. The Labute approximate surface area is 183 Å². The van der Waals surface area contributed by atoms with Crippen LogP contribution in [-0.2, 0) is 16.1 Å². The molecular formula is C23H21FN4O4. The van der Waals surface area contributed by atoms with Crippen LogP contribution in [0.4, 0.5) is 15.8 Å². The topological polar surface area (TPSA) is 85.7 Å². The predicted molar refractivity (Wildman–Crippen MR) is 114 cm³/mol. The van der Waals surface area contributed by atoms with Crippen molar-refractivity contribution >= 4 is 23.2 Å². The molecule has 1 N–H and O–H groups in total. The summed E-state index contributed by atoms with van der Waals surface area (Å²) in [5, 5.41) is 7.11. The molecule has 2 aromatic carbocycles. The Morgan fingerprint density at radius 3 is 2.75 bits per heavy atom. The molecule has 164 valence electrons. The van der Waals surface area contributed by atoms with Crippen molar-refractivity contribution in [3.8, 4) is 11.5 Å². The molecule has 0 bridgehead atoms. The molecule has 32 heavy (non-hydrogen) atoms. The Morgan fingerprint density at radius 2 is 1.94 bits per heavy atom. The van der Waals surface area contributed by atoms with Gasteiger partial charge in [0.2, 0.25) is 11.8 Å². The average Bonchev–Trinajstić information content (AvgIpc) is 3.40. The van der Waals surface area contributed by atoms with E-state index in [1.807, 2.05) is 24.3 Å². The van der Waals surface area contributed by atoms with Crippen molar-refractivity contribution in [2.24, 2.45) is 5.92 Å². The SMILES string of the molecule is O=C(Nc1cnn(C[C@@H]2COc3ccccc3O2)c1)[C@H]1CC(=O)N(c2ccc(F)cc2)C1. The number of hydrogen-bond acceptors (Lipinski definition) is 5. The molecule has 1 saturated heterocycles. The third-order valence-corrected chi connectivity index (χ3v) is 5.49. The van der Waals surface area contributed by atoms with E-state index >= 15 is 0 Å². The number of ether oxygens (including phenoxy) is 2. The average molecular weight is 436 g/mol. The third-order valence-electron chi connectivity index (χ3n) is 5.49. The van der Waals surface area contributed by atoms with Crippen LogP contribution in [0.3, 0.4) is 0 Å². The zero-order valence-electron chi connectivity index (χ0n) is 17.1. The van der Waals surface area contributed by atoms with E-state index in [0.29, 0.717) is 30.3 Å². The first-order valence-corrected chi connectivity index (χ1v) is 10.3. The molecule has 3 heterocycles. The Hall–Kier alpha value is -3.88. The number of fused-ring (bicyclic) bond motifs is 1. The molecule has 8 nitrogen and oxygen atoms in total. The van der Waals surface area contributed by atoms with Gasteiger partial charge < -0.3 is 19.7 Å². The van der Waals surface area contributed by atoms with E-state index < -0.39 is 5.92 Å². The summed E-state index contributed by atoms with van der Waals surface area (Å²) in [7, 11) is 0. The molecule has 9 heteroatoms. The normalized spacial score (nSPS) is 19.8. The maximum atomic E-state index is 13.1. The number of carbonyl (C=O) groups is 2. The highest BCUT2D eigenvalue weighted by atomic mass is 19.1. The summed E-state index contributed by atoms with van der Waals surface area (Å²) >= 11 is 0. The number of aromatic nitrogens is 2. The van der Waals surface area contributed by atoms with E-state index in [2.05, 4.69) is 10.4 Å². The largest absolute Gasteiger partial charge is 0.486 e. The summed E-state index contributed by atoms with van der Waals surface area (Å²) in [5.74, 6) is 0.124. The van der Waals surface area contributed by atoms with E-state index in [-0.39, 0.29) is 36.7 Å². The van der Waals surface area contributed by atoms with Crippen LogP contribution in [0.15, 0.2) is 60.9 Å². The predicted octanol–water partition coefficient (Wildman–Crippen LogP) is 2.85. The van der Waals surface area contributed by atoms with Crippen molar-refractivity contribution in [2.75, 3.05) is 23.4 Å². The number of anilines is 2. The minimum Gasteiger partial charge on any atom is -0.486 e. The third kappa shape index (κ3) is 4.14. The molecule has 0 unspecified atom stereocenters. The second kappa shape index (κ2) is 8.33. The van der Waals surface area contributed by atoms with E-state index in [4.69, 9.17) is 9.47 Å². The van der Waals surface area contributed by atoms with Gasteiger partial charge in [0.15, 0.2) is 17.6 Å².